The summed E-state index contributed by atoms with van der Waals surface area (Å²) in [6.45, 7) is 2.03. The molecule has 7 nitrogen and oxygen atoms in total. The molecular weight excluding hydrogens is 435 g/mol. The summed E-state index contributed by atoms with van der Waals surface area (Å²) in [6, 6.07) is 11.9. The zero-order valence-corrected chi connectivity index (χ0v) is 18.0. The van der Waals surface area contributed by atoms with Crippen molar-refractivity contribution >= 4 is 29.1 Å². The first-order valence-electron chi connectivity index (χ1n) is 10.0. The minimum absolute atomic E-state index is 0.00823. The van der Waals surface area contributed by atoms with E-state index in [9.17, 15) is 14.0 Å². The Hall–Kier alpha value is -3.52. The van der Waals surface area contributed by atoms with Gasteiger partial charge in [-0.25, -0.2) is 14.4 Å². The smallest absolute Gasteiger partial charge is 0.240 e. The van der Waals surface area contributed by atoms with Crippen molar-refractivity contribution in [2.24, 2.45) is 5.73 Å². The summed E-state index contributed by atoms with van der Waals surface area (Å²) in [6.07, 6.45) is 1.44. The fourth-order valence-corrected chi connectivity index (χ4v) is 3.74. The molecule has 0 aliphatic carbocycles. The van der Waals surface area contributed by atoms with Crippen LogP contribution in [0.1, 0.15) is 30.3 Å². The molecule has 1 aromatic heterocycles. The van der Waals surface area contributed by atoms with Gasteiger partial charge in [0.05, 0.1) is 0 Å². The molecule has 0 bridgehead atoms. The lowest BCUT2D eigenvalue weighted by molar-refractivity contribution is -0.119. The van der Waals surface area contributed by atoms with Crippen molar-refractivity contribution in [1.29, 1.82) is 0 Å². The van der Waals surface area contributed by atoms with Crippen molar-refractivity contribution in [2.45, 2.75) is 25.8 Å². The van der Waals surface area contributed by atoms with Gasteiger partial charge >= 0.3 is 0 Å². The standard InChI is InChI=1S/C23H20ClFN4O3/c1-13(30)18-12-21(29-10-2-3-19(29)22(26)31)28-23(27-18)14-4-7-16(8-5-14)32-20-11-15(24)6-9-17(20)25/h4-9,11-12,19H,2-3,10H2,1H3,(H2,26,31)/t19-/m0/s1. The molecule has 0 spiro atoms. The number of hydrogen-bond donors (Lipinski definition) is 1. The number of amides is 1. The minimum atomic E-state index is -0.532. The Labute approximate surface area is 189 Å². The minimum Gasteiger partial charge on any atom is -0.454 e. The Bertz CT molecular complexity index is 1190. The normalized spacial score (nSPS) is 15.6. The molecule has 0 radical (unpaired) electrons. The first-order chi connectivity index (χ1) is 15.3. The Morgan fingerprint density at radius 1 is 1.16 bits per heavy atom. The van der Waals surface area contributed by atoms with E-state index in [1.165, 1.54) is 25.1 Å². The number of rotatable bonds is 6. The van der Waals surface area contributed by atoms with Crippen LogP contribution < -0.4 is 15.4 Å². The maximum Gasteiger partial charge on any atom is 0.240 e. The van der Waals surface area contributed by atoms with Gasteiger partial charge < -0.3 is 15.4 Å². The molecule has 2 heterocycles. The SMILES string of the molecule is CC(=O)c1cc(N2CCC[C@H]2C(N)=O)nc(-c2ccc(Oc3cc(Cl)ccc3F)cc2)n1. The van der Waals surface area contributed by atoms with Crippen LogP contribution in [-0.2, 0) is 4.79 Å². The van der Waals surface area contributed by atoms with Crippen LogP contribution in [0.25, 0.3) is 11.4 Å². The van der Waals surface area contributed by atoms with E-state index in [1.807, 2.05) is 0 Å². The molecule has 1 amide bonds. The Balaban J connectivity index is 1.65. The van der Waals surface area contributed by atoms with Crippen molar-refractivity contribution in [1.82, 2.24) is 9.97 Å². The lowest BCUT2D eigenvalue weighted by Gasteiger charge is -2.24. The summed E-state index contributed by atoms with van der Waals surface area (Å²) >= 11 is 5.90. The summed E-state index contributed by atoms with van der Waals surface area (Å²) < 4.78 is 19.5. The molecule has 1 fully saturated rings. The largest absolute Gasteiger partial charge is 0.454 e. The topological polar surface area (TPSA) is 98.4 Å². The van der Waals surface area contributed by atoms with Gasteiger partial charge in [-0.1, -0.05) is 11.6 Å². The lowest BCUT2D eigenvalue weighted by Crippen LogP contribution is -2.40. The first-order valence-corrected chi connectivity index (χ1v) is 10.4. The van der Waals surface area contributed by atoms with Crippen molar-refractivity contribution < 1.29 is 18.7 Å². The van der Waals surface area contributed by atoms with Crippen LogP contribution in [0.2, 0.25) is 5.02 Å². The number of carbonyl (C=O) groups is 2. The third-order valence-corrected chi connectivity index (χ3v) is 5.42. The number of primary amides is 1. The van der Waals surface area contributed by atoms with Gasteiger partial charge in [-0.05, 0) is 49.2 Å². The second kappa shape index (κ2) is 8.92. The Morgan fingerprint density at radius 3 is 2.59 bits per heavy atom. The van der Waals surface area contributed by atoms with Gasteiger partial charge in [0, 0.05) is 36.2 Å². The average molecular weight is 455 g/mol. The number of ether oxygens (including phenoxy) is 1. The zero-order chi connectivity index (χ0) is 22.8. The fourth-order valence-electron chi connectivity index (χ4n) is 3.58. The predicted octanol–water partition coefficient (Wildman–Crippen LogP) is 4.39. The molecule has 32 heavy (non-hydrogen) atoms. The van der Waals surface area contributed by atoms with Gasteiger partial charge in [-0.3, -0.25) is 9.59 Å². The molecule has 3 aromatic rings. The summed E-state index contributed by atoms with van der Waals surface area (Å²) in [5.41, 5.74) is 6.40. The number of benzene rings is 2. The predicted molar refractivity (Wildman–Crippen MR) is 119 cm³/mol. The van der Waals surface area contributed by atoms with Crippen LogP contribution >= 0.6 is 11.6 Å². The second-order valence-electron chi connectivity index (χ2n) is 7.45. The van der Waals surface area contributed by atoms with Gasteiger partial charge in [-0.15, -0.1) is 0 Å². The second-order valence-corrected chi connectivity index (χ2v) is 7.88. The van der Waals surface area contributed by atoms with Crippen molar-refractivity contribution in [3.8, 4) is 22.9 Å². The maximum atomic E-state index is 13.9. The highest BCUT2D eigenvalue weighted by Crippen LogP contribution is 2.30. The number of ketones is 1. The maximum absolute atomic E-state index is 13.9. The van der Waals surface area contributed by atoms with E-state index < -0.39 is 17.8 Å². The zero-order valence-electron chi connectivity index (χ0n) is 17.2. The van der Waals surface area contributed by atoms with Crippen LogP contribution in [0.15, 0.2) is 48.5 Å². The van der Waals surface area contributed by atoms with Crippen LogP contribution in [0, 0.1) is 5.82 Å². The van der Waals surface area contributed by atoms with E-state index in [2.05, 4.69) is 9.97 Å². The van der Waals surface area contributed by atoms with Crippen molar-refractivity contribution in [3.63, 3.8) is 0 Å². The molecule has 2 N–H and O–H groups in total. The Morgan fingerprint density at radius 2 is 1.91 bits per heavy atom. The van der Waals surface area contributed by atoms with Gasteiger partial charge in [-0.2, -0.15) is 0 Å². The molecule has 164 valence electrons. The van der Waals surface area contributed by atoms with Gasteiger partial charge in [0.25, 0.3) is 0 Å². The molecule has 1 atom stereocenters. The van der Waals surface area contributed by atoms with Gasteiger partial charge in [0.2, 0.25) is 5.91 Å². The number of halogens is 2. The van der Waals surface area contributed by atoms with E-state index in [1.54, 1.807) is 35.2 Å². The molecule has 0 saturated carbocycles. The number of anilines is 1. The number of hydrogen-bond acceptors (Lipinski definition) is 6. The molecule has 4 rings (SSSR count). The summed E-state index contributed by atoms with van der Waals surface area (Å²) in [4.78, 5) is 34.6. The third-order valence-electron chi connectivity index (χ3n) is 5.18. The number of Topliss-reactive ketones (excluding diaryl/α,β-unsaturated/α-hetero) is 1. The van der Waals surface area contributed by atoms with Crippen molar-refractivity contribution in [2.75, 3.05) is 11.4 Å². The monoisotopic (exact) mass is 454 g/mol. The molecular formula is C23H20ClFN4O3. The van der Waals surface area contributed by atoms with E-state index >= 15 is 0 Å². The average Bonchev–Trinajstić information content (AvgIpc) is 3.27. The summed E-state index contributed by atoms with van der Waals surface area (Å²) in [5, 5.41) is 0.358. The van der Waals surface area contributed by atoms with Gasteiger partial charge in [0.15, 0.2) is 23.2 Å². The van der Waals surface area contributed by atoms with E-state index in [4.69, 9.17) is 22.1 Å². The summed E-state index contributed by atoms with van der Waals surface area (Å²) in [7, 11) is 0. The van der Waals surface area contributed by atoms with Crippen molar-refractivity contribution in [3.05, 3.63) is 65.1 Å². The Kier molecular flexibility index (Phi) is 6.05. The van der Waals surface area contributed by atoms with Gasteiger partial charge in [0.1, 0.15) is 23.3 Å². The molecule has 9 heteroatoms. The number of nitrogens with zero attached hydrogens (tertiary/aromatic N) is 3. The highest BCUT2D eigenvalue weighted by molar-refractivity contribution is 6.30. The van der Waals surface area contributed by atoms with E-state index in [0.717, 1.165) is 6.42 Å². The number of carbonyl (C=O) groups excluding carboxylic acids is 2. The first kappa shape index (κ1) is 21.7. The molecule has 0 unspecified atom stereocenters. The number of aromatic nitrogens is 2. The van der Waals surface area contributed by atoms with Crippen LogP contribution in [-0.4, -0.2) is 34.2 Å². The summed E-state index contributed by atoms with van der Waals surface area (Å²) in [5.74, 6) is 0.0179. The van der Waals surface area contributed by atoms with Crippen LogP contribution in [0.5, 0.6) is 11.5 Å². The fraction of sp³-hybridized carbons (Fsp3) is 0.217. The van der Waals surface area contributed by atoms with E-state index in [-0.39, 0.29) is 17.2 Å². The highest BCUT2D eigenvalue weighted by atomic mass is 35.5. The van der Waals surface area contributed by atoms with Crippen LogP contribution in [0.3, 0.4) is 0 Å². The third kappa shape index (κ3) is 4.55. The van der Waals surface area contributed by atoms with E-state index in [0.29, 0.717) is 40.9 Å². The quantitative estimate of drug-likeness (QED) is 0.555. The number of nitrogens with two attached hydrogens (primary N) is 1. The molecule has 1 aliphatic rings. The lowest BCUT2D eigenvalue weighted by atomic mass is 10.1. The molecule has 2 aromatic carbocycles. The molecule has 1 aliphatic heterocycles. The highest BCUT2D eigenvalue weighted by Gasteiger charge is 2.31. The molecule has 1 saturated heterocycles. The van der Waals surface area contributed by atoms with Crippen LogP contribution in [0.4, 0.5) is 10.2 Å².